The smallest absolute Gasteiger partial charge is 0.255 e. The molecule has 0 atom stereocenters. The maximum Gasteiger partial charge on any atom is 0.255 e. The van der Waals surface area contributed by atoms with Gasteiger partial charge in [0.25, 0.3) is 5.91 Å². The van der Waals surface area contributed by atoms with E-state index in [4.69, 9.17) is 0 Å². The number of benzene rings is 1. The van der Waals surface area contributed by atoms with Crippen LogP contribution in [0.2, 0.25) is 0 Å². The van der Waals surface area contributed by atoms with E-state index in [-0.39, 0.29) is 23.6 Å². The normalized spacial score (nSPS) is 15.8. The molecule has 1 fully saturated rings. The van der Waals surface area contributed by atoms with Crippen molar-refractivity contribution in [3.63, 3.8) is 0 Å². The number of phenols is 1. The van der Waals surface area contributed by atoms with Crippen molar-refractivity contribution in [1.82, 2.24) is 10.2 Å². The zero-order chi connectivity index (χ0) is 15.2. The predicted molar refractivity (Wildman–Crippen MR) is 80.1 cm³/mol. The number of hydrogen-bond acceptors (Lipinski definition) is 3. The Labute approximate surface area is 125 Å². The van der Waals surface area contributed by atoms with Crippen LogP contribution in [0, 0.1) is 0 Å². The van der Waals surface area contributed by atoms with Crippen LogP contribution in [0.1, 0.15) is 43.0 Å². The molecule has 5 nitrogen and oxygen atoms in total. The molecule has 0 radical (unpaired) electrons. The Bertz CT molecular complexity index is 508. The number of likely N-dealkylation sites (tertiary alicyclic amines) is 1. The highest BCUT2D eigenvalue weighted by Crippen LogP contribution is 2.17. The molecule has 0 bridgehead atoms. The van der Waals surface area contributed by atoms with E-state index in [0.717, 1.165) is 19.3 Å². The van der Waals surface area contributed by atoms with Crippen molar-refractivity contribution in [2.24, 2.45) is 0 Å². The van der Waals surface area contributed by atoms with Crippen molar-refractivity contribution in [1.29, 1.82) is 0 Å². The number of piperidine rings is 1. The third kappa shape index (κ3) is 3.97. The molecule has 1 aromatic rings. The topological polar surface area (TPSA) is 69.6 Å². The molecule has 2 N–H and O–H groups in total. The number of carbonyl (C=O) groups is 2. The Kier molecular flexibility index (Phi) is 5.20. The van der Waals surface area contributed by atoms with E-state index in [1.54, 1.807) is 18.2 Å². The van der Waals surface area contributed by atoms with Gasteiger partial charge in [-0.25, -0.2) is 0 Å². The molecule has 0 unspecified atom stereocenters. The molecule has 1 aliphatic rings. The van der Waals surface area contributed by atoms with Crippen LogP contribution in [-0.2, 0) is 4.79 Å². The van der Waals surface area contributed by atoms with Crippen LogP contribution in [0.25, 0.3) is 0 Å². The lowest BCUT2D eigenvalue weighted by atomic mass is 10.0. The number of phenolic OH excluding ortho intramolecular Hbond substituents is 1. The molecule has 114 valence electrons. The summed E-state index contributed by atoms with van der Waals surface area (Å²) in [6, 6.07) is 6.57. The van der Waals surface area contributed by atoms with Crippen LogP contribution in [-0.4, -0.2) is 41.0 Å². The summed E-state index contributed by atoms with van der Waals surface area (Å²) in [7, 11) is 0. The third-order valence-corrected chi connectivity index (χ3v) is 3.80. The van der Waals surface area contributed by atoms with Crippen molar-refractivity contribution in [2.45, 2.75) is 38.6 Å². The molecular formula is C16H22N2O3. The lowest BCUT2D eigenvalue weighted by Gasteiger charge is -2.32. The molecule has 1 heterocycles. The maximum atomic E-state index is 12.1. The SMILES string of the molecule is CCCC(=O)N1CCC(NC(=O)c2ccccc2O)CC1. The van der Waals surface area contributed by atoms with Crippen LogP contribution in [0.4, 0.5) is 0 Å². The van der Waals surface area contributed by atoms with E-state index >= 15 is 0 Å². The Balaban J connectivity index is 1.85. The van der Waals surface area contributed by atoms with Gasteiger partial charge < -0.3 is 15.3 Å². The second-order valence-corrected chi connectivity index (χ2v) is 5.40. The molecule has 1 aromatic carbocycles. The number of nitrogens with one attached hydrogen (secondary N) is 1. The Morgan fingerprint density at radius 3 is 2.57 bits per heavy atom. The van der Waals surface area contributed by atoms with Gasteiger partial charge in [-0.05, 0) is 31.4 Å². The zero-order valence-corrected chi connectivity index (χ0v) is 12.3. The van der Waals surface area contributed by atoms with Gasteiger partial charge in [-0.1, -0.05) is 19.1 Å². The first kappa shape index (κ1) is 15.4. The standard InChI is InChI=1S/C16H22N2O3/c1-2-5-15(20)18-10-8-12(9-11-18)17-16(21)13-6-3-4-7-14(13)19/h3-4,6-7,12,19H,2,5,8-11H2,1H3,(H,17,21). The lowest BCUT2D eigenvalue weighted by Crippen LogP contribution is -2.46. The van der Waals surface area contributed by atoms with E-state index in [2.05, 4.69) is 5.32 Å². The molecule has 0 saturated carbocycles. The third-order valence-electron chi connectivity index (χ3n) is 3.80. The van der Waals surface area contributed by atoms with Crippen molar-refractivity contribution >= 4 is 11.8 Å². The molecule has 0 aliphatic carbocycles. The molecule has 2 amide bonds. The highest BCUT2D eigenvalue weighted by atomic mass is 16.3. The van der Waals surface area contributed by atoms with E-state index in [9.17, 15) is 14.7 Å². The number of aromatic hydroxyl groups is 1. The van der Waals surface area contributed by atoms with Gasteiger partial charge in [0.15, 0.2) is 0 Å². The maximum absolute atomic E-state index is 12.1. The number of amides is 2. The molecule has 1 saturated heterocycles. The minimum atomic E-state index is -0.258. The zero-order valence-electron chi connectivity index (χ0n) is 12.3. The summed E-state index contributed by atoms with van der Waals surface area (Å²) in [5.41, 5.74) is 0.294. The van der Waals surface area contributed by atoms with E-state index in [0.29, 0.717) is 25.1 Å². The fraction of sp³-hybridized carbons (Fsp3) is 0.500. The van der Waals surface area contributed by atoms with Gasteiger partial charge in [0.2, 0.25) is 5.91 Å². The monoisotopic (exact) mass is 290 g/mol. The van der Waals surface area contributed by atoms with Gasteiger partial charge in [0, 0.05) is 25.6 Å². The Hall–Kier alpha value is -2.04. The van der Waals surface area contributed by atoms with Gasteiger partial charge in [0.1, 0.15) is 5.75 Å². The van der Waals surface area contributed by atoms with Gasteiger partial charge in [-0.15, -0.1) is 0 Å². The summed E-state index contributed by atoms with van der Waals surface area (Å²) >= 11 is 0. The van der Waals surface area contributed by atoms with E-state index in [1.807, 2.05) is 11.8 Å². The Morgan fingerprint density at radius 1 is 1.29 bits per heavy atom. The molecule has 1 aliphatic heterocycles. The highest BCUT2D eigenvalue weighted by molar-refractivity contribution is 5.96. The minimum Gasteiger partial charge on any atom is -0.507 e. The second kappa shape index (κ2) is 7.11. The lowest BCUT2D eigenvalue weighted by molar-refractivity contribution is -0.132. The number of carbonyl (C=O) groups excluding carboxylic acids is 2. The summed E-state index contributed by atoms with van der Waals surface area (Å²) in [6.45, 7) is 3.37. The summed E-state index contributed by atoms with van der Waals surface area (Å²) < 4.78 is 0. The molecule has 21 heavy (non-hydrogen) atoms. The van der Waals surface area contributed by atoms with Crippen molar-refractivity contribution in [3.05, 3.63) is 29.8 Å². The first-order valence-corrected chi connectivity index (χ1v) is 7.48. The average molecular weight is 290 g/mol. The van der Waals surface area contributed by atoms with Crippen molar-refractivity contribution < 1.29 is 14.7 Å². The van der Waals surface area contributed by atoms with Crippen LogP contribution < -0.4 is 5.32 Å². The average Bonchev–Trinajstić information content (AvgIpc) is 2.48. The van der Waals surface area contributed by atoms with Crippen molar-refractivity contribution in [3.8, 4) is 5.75 Å². The van der Waals surface area contributed by atoms with Crippen LogP contribution >= 0.6 is 0 Å². The van der Waals surface area contributed by atoms with Gasteiger partial charge in [-0.2, -0.15) is 0 Å². The number of hydrogen-bond donors (Lipinski definition) is 2. The molecule has 5 heteroatoms. The molecule has 2 rings (SSSR count). The van der Waals surface area contributed by atoms with Gasteiger partial charge >= 0.3 is 0 Å². The Morgan fingerprint density at radius 2 is 1.95 bits per heavy atom. The summed E-state index contributed by atoms with van der Waals surface area (Å²) in [5.74, 6) is -0.0695. The van der Waals surface area contributed by atoms with Gasteiger partial charge in [0.05, 0.1) is 5.56 Å². The molecule has 0 aromatic heterocycles. The highest BCUT2D eigenvalue weighted by Gasteiger charge is 2.24. The summed E-state index contributed by atoms with van der Waals surface area (Å²) in [4.78, 5) is 25.8. The van der Waals surface area contributed by atoms with Crippen molar-refractivity contribution in [2.75, 3.05) is 13.1 Å². The fourth-order valence-electron chi connectivity index (χ4n) is 2.57. The number of nitrogens with zero attached hydrogens (tertiary/aromatic N) is 1. The molecule has 0 spiro atoms. The predicted octanol–water partition coefficient (Wildman–Crippen LogP) is 1.91. The number of para-hydroxylation sites is 1. The summed E-state index contributed by atoms with van der Waals surface area (Å²) in [6.07, 6.45) is 2.97. The minimum absolute atomic E-state index is 0.00874. The van der Waals surface area contributed by atoms with Crippen LogP contribution in [0.3, 0.4) is 0 Å². The van der Waals surface area contributed by atoms with E-state index < -0.39 is 0 Å². The largest absolute Gasteiger partial charge is 0.507 e. The fourth-order valence-corrected chi connectivity index (χ4v) is 2.57. The van der Waals surface area contributed by atoms with E-state index in [1.165, 1.54) is 6.07 Å². The summed E-state index contributed by atoms with van der Waals surface area (Å²) in [5, 5.41) is 12.6. The van der Waals surface area contributed by atoms with Crippen LogP contribution in [0.5, 0.6) is 5.75 Å². The molecular weight excluding hydrogens is 268 g/mol. The second-order valence-electron chi connectivity index (χ2n) is 5.40. The quantitative estimate of drug-likeness (QED) is 0.890. The van der Waals surface area contributed by atoms with Crippen LogP contribution in [0.15, 0.2) is 24.3 Å². The first-order chi connectivity index (χ1) is 10.1. The van der Waals surface area contributed by atoms with Gasteiger partial charge in [-0.3, -0.25) is 9.59 Å². The number of rotatable bonds is 4. The first-order valence-electron chi connectivity index (χ1n) is 7.48.